The minimum atomic E-state index is -3.84. The van der Waals surface area contributed by atoms with Crippen LogP contribution >= 0.6 is 11.6 Å². The van der Waals surface area contributed by atoms with Gasteiger partial charge in [0.1, 0.15) is 6.07 Å². The lowest BCUT2D eigenvalue weighted by Gasteiger charge is -2.18. The lowest BCUT2D eigenvalue weighted by molar-refractivity contribution is 0.0435. The molecule has 0 saturated heterocycles. The van der Waals surface area contributed by atoms with Gasteiger partial charge in [0.05, 0.1) is 15.5 Å². The SMILES string of the molecule is C[C@H](C#N)OC(=O)c1cc(S(=O)(=O)N(C)Cc2ccccc2)ccc1Cl. The minimum Gasteiger partial charge on any atom is -0.444 e. The Hall–Kier alpha value is -2.40. The van der Waals surface area contributed by atoms with Crippen molar-refractivity contribution in [1.82, 2.24) is 4.31 Å². The van der Waals surface area contributed by atoms with Crippen LogP contribution in [0, 0.1) is 11.3 Å². The summed E-state index contributed by atoms with van der Waals surface area (Å²) in [5, 5.41) is 8.78. The Kier molecular flexibility index (Phi) is 6.37. The summed E-state index contributed by atoms with van der Waals surface area (Å²) in [4.78, 5) is 12.0. The summed E-state index contributed by atoms with van der Waals surface area (Å²) >= 11 is 5.98. The molecular formula is C18H17ClN2O4S. The van der Waals surface area contributed by atoms with Crippen LogP contribution in [0.4, 0.5) is 0 Å². The van der Waals surface area contributed by atoms with Crippen LogP contribution in [-0.4, -0.2) is 31.8 Å². The first kappa shape index (κ1) is 19.9. The Morgan fingerprint density at radius 1 is 1.27 bits per heavy atom. The highest BCUT2D eigenvalue weighted by Crippen LogP contribution is 2.24. The Morgan fingerprint density at radius 2 is 1.92 bits per heavy atom. The lowest BCUT2D eigenvalue weighted by atomic mass is 10.2. The van der Waals surface area contributed by atoms with Gasteiger partial charge in [-0.15, -0.1) is 0 Å². The van der Waals surface area contributed by atoms with E-state index in [1.807, 2.05) is 30.3 Å². The molecule has 0 N–H and O–H groups in total. The number of hydrogen-bond donors (Lipinski definition) is 0. The van der Waals surface area contributed by atoms with E-state index >= 15 is 0 Å². The maximum atomic E-state index is 12.8. The topological polar surface area (TPSA) is 87.5 Å². The van der Waals surface area contributed by atoms with Gasteiger partial charge >= 0.3 is 5.97 Å². The van der Waals surface area contributed by atoms with Crippen molar-refractivity contribution >= 4 is 27.6 Å². The summed E-state index contributed by atoms with van der Waals surface area (Å²) in [5.41, 5.74) is 0.720. The van der Waals surface area contributed by atoms with Crippen LogP contribution in [0.15, 0.2) is 53.4 Å². The van der Waals surface area contributed by atoms with Gasteiger partial charge in [-0.3, -0.25) is 0 Å². The maximum Gasteiger partial charge on any atom is 0.340 e. The van der Waals surface area contributed by atoms with Gasteiger partial charge in [-0.2, -0.15) is 9.57 Å². The second kappa shape index (κ2) is 8.32. The van der Waals surface area contributed by atoms with E-state index in [2.05, 4.69) is 0 Å². The Labute approximate surface area is 157 Å². The second-order valence-electron chi connectivity index (χ2n) is 5.56. The quantitative estimate of drug-likeness (QED) is 0.704. The van der Waals surface area contributed by atoms with Crippen LogP contribution in [0.2, 0.25) is 5.02 Å². The molecule has 0 fully saturated rings. The van der Waals surface area contributed by atoms with Crippen molar-refractivity contribution in [3.05, 3.63) is 64.7 Å². The fourth-order valence-electron chi connectivity index (χ4n) is 2.18. The van der Waals surface area contributed by atoms with Gasteiger partial charge < -0.3 is 4.74 Å². The molecule has 0 bridgehead atoms. The van der Waals surface area contributed by atoms with Crippen molar-refractivity contribution in [3.63, 3.8) is 0 Å². The highest BCUT2D eigenvalue weighted by atomic mass is 35.5. The van der Waals surface area contributed by atoms with E-state index in [1.54, 1.807) is 6.07 Å². The van der Waals surface area contributed by atoms with Crippen molar-refractivity contribution in [1.29, 1.82) is 5.26 Å². The number of halogens is 1. The van der Waals surface area contributed by atoms with Crippen LogP contribution in [0.1, 0.15) is 22.8 Å². The Balaban J connectivity index is 2.31. The number of benzene rings is 2. The fraction of sp³-hybridized carbons (Fsp3) is 0.222. The molecule has 1 atom stereocenters. The fourth-order valence-corrected chi connectivity index (χ4v) is 3.56. The highest BCUT2D eigenvalue weighted by molar-refractivity contribution is 7.89. The number of nitrogens with zero attached hydrogens (tertiary/aromatic N) is 2. The molecule has 0 unspecified atom stereocenters. The standard InChI is InChI=1S/C18H17ClN2O4S/c1-13(11-20)25-18(22)16-10-15(8-9-17(16)19)26(23,24)21(2)12-14-6-4-3-5-7-14/h3-10,13H,12H2,1-2H3/t13-/m1/s1. The van der Waals surface area contributed by atoms with Crippen molar-refractivity contribution in [2.24, 2.45) is 0 Å². The van der Waals surface area contributed by atoms with E-state index in [0.717, 1.165) is 11.6 Å². The average Bonchev–Trinajstić information content (AvgIpc) is 2.62. The van der Waals surface area contributed by atoms with E-state index < -0.39 is 22.1 Å². The van der Waals surface area contributed by atoms with Crippen LogP contribution in [0.25, 0.3) is 0 Å². The zero-order valence-electron chi connectivity index (χ0n) is 14.2. The van der Waals surface area contributed by atoms with Crippen LogP contribution in [0.3, 0.4) is 0 Å². The average molecular weight is 393 g/mol. The van der Waals surface area contributed by atoms with Crippen LogP contribution in [-0.2, 0) is 21.3 Å². The first-order valence-electron chi connectivity index (χ1n) is 7.66. The summed E-state index contributed by atoms with van der Waals surface area (Å²) in [6.07, 6.45) is -0.973. The van der Waals surface area contributed by atoms with Gasteiger partial charge in [0, 0.05) is 13.6 Å². The normalized spacial score (nSPS) is 12.4. The van der Waals surface area contributed by atoms with Gasteiger partial charge in [-0.1, -0.05) is 41.9 Å². The molecule has 136 valence electrons. The zero-order chi connectivity index (χ0) is 19.3. The molecule has 0 saturated carbocycles. The zero-order valence-corrected chi connectivity index (χ0v) is 15.8. The highest BCUT2D eigenvalue weighted by Gasteiger charge is 2.24. The third-order valence-corrected chi connectivity index (χ3v) is 5.71. The van der Waals surface area contributed by atoms with Crippen LogP contribution < -0.4 is 0 Å². The molecule has 8 heteroatoms. The second-order valence-corrected chi connectivity index (χ2v) is 8.02. The van der Waals surface area contributed by atoms with Gasteiger partial charge in [-0.05, 0) is 30.7 Å². The maximum absolute atomic E-state index is 12.8. The molecule has 2 aromatic rings. The van der Waals surface area contributed by atoms with Gasteiger partial charge in [0.25, 0.3) is 0 Å². The molecule has 0 amide bonds. The van der Waals surface area contributed by atoms with Crippen molar-refractivity contribution < 1.29 is 17.9 Å². The summed E-state index contributed by atoms with van der Waals surface area (Å²) < 4.78 is 31.6. The van der Waals surface area contributed by atoms with Crippen molar-refractivity contribution in [2.45, 2.75) is 24.5 Å². The summed E-state index contributed by atoms with van der Waals surface area (Å²) in [5.74, 6) is -0.855. The number of carbonyl (C=O) groups is 1. The molecule has 26 heavy (non-hydrogen) atoms. The van der Waals surface area contributed by atoms with E-state index in [0.29, 0.717) is 0 Å². The van der Waals surface area contributed by atoms with Gasteiger partial charge in [-0.25, -0.2) is 13.2 Å². The molecule has 6 nitrogen and oxygen atoms in total. The largest absolute Gasteiger partial charge is 0.444 e. The number of nitriles is 1. The molecule has 0 aliphatic heterocycles. The molecule has 0 heterocycles. The Morgan fingerprint density at radius 3 is 2.54 bits per heavy atom. The first-order chi connectivity index (χ1) is 12.3. The lowest BCUT2D eigenvalue weighted by Crippen LogP contribution is -2.26. The Bertz CT molecular complexity index is 939. The van der Waals surface area contributed by atoms with E-state index in [4.69, 9.17) is 21.6 Å². The van der Waals surface area contributed by atoms with Gasteiger partial charge in [0.2, 0.25) is 10.0 Å². The third kappa shape index (κ3) is 4.61. The molecule has 0 spiro atoms. The first-order valence-corrected chi connectivity index (χ1v) is 9.48. The monoisotopic (exact) mass is 392 g/mol. The molecule has 0 aromatic heterocycles. The summed E-state index contributed by atoms with van der Waals surface area (Å²) in [6, 6.07) is 14.7. The summed E-state index contributed by atoms with van der Waals surface area (Å²) in [6.45, 7) is 1.58. The molecular weight excluding hydrogens is 376 g/mol. The number of sulfonamides is 1. The van der Waals surface area contributed by atoms with Crippen molar-refractivity contribution in [2.75, 3.05) is 7.05 Å². The third-order valence-electron chi connectivity index (χ3n) is 3.58. The summed E-state index contributed by atoms with van der Waals surface area (Å²) in [7, 11) is -2.39. The smallest absolute Gasteiger partial charge is 0.340 e. The number of hydrogen-bond acceptors (Lipinski definition) is 5. The van der Waals surface area contributed by atoms with Gasteiger partial charge in [0.15, 0.2) is 6.10 Å². The molecule has 2 rings (SSSR count). The molecule has 0 aliphatic carbocycles. The molecule has 0 radical (unpaired) electrons. The number of rotatable bonds is 6. The van der Waals surface area contributed by atoms with E-state index in [-0.39, 0.29) is 22.0 Å². The molecule has 0 aliphatic rings. The van der Waals surface area contributed by atoms with Crippen LogP contribution in [0.5, 0.6) is 0 Å². The minimum absolute atomic E-state index is 0.0461. The van der Waals surface area contributed by atoms with E-state index in [1.165, 1.54) is 30.4 Å². The number of ether oxygens (including phenoxy) is 1. The number of esters is 1. The molecule has 2 aromatic carbocycles. The number of carbonyl (C=O) groups excluding carboxylic acids is 1. The predicted octanol–water partition coefficient (Wildman–Crippen LogP) is 3.23. The predicted molar refractivity (Wildman–Crippen MR) is 97.0 cm³/mol. The van der Waals surface area contributed by atoms with Crippen molar-refractivity contribution in [3.8, 4) is 6.07 Å². The van der Waals surface area contributed by atoms with E-state index in [9.17, 15) is 13.2 Å².